The van der Waals surface area contributed by atoms with Crippen LogP contribution >= 0.6 is 11.3 Å². The number of nitrogens with zero attached hydrogens (tertiary/aromatic N) is 2. The summed E-state index contributed by atoms with van der Waals surface area (Å²) in [4.78, 5) is 8.20. The molecule has 2 unspecified atom stereocenters. The lowest BCUT2D eigenvalue weighted by Crippen LogP contribution is -2.38. The molecule has 2 atom stereocenters. The zero-order chi connectivity index (χ0) is 11.2. The molecule has 84 valence electrons. The van der Waals surface area contributed by atoms with Crippen molar-refractivity contribution < 1.29 is 0 Å². The molecule has 1 saturated heterocycles. The van der Waals surface area contributed by atoms with Gasteiger partial charge in [0, 0.05) is 17.5 Å². The van der Waals surface area contributed by atoms with Crippen LogP contribution in [0.2, 0.25) is 0 Å². The first-order valence-electron chi connectivity index (χ1n) is 5.36. The highest BCUT2D eigenvalue weighted by Gasteiger charge is 2.41. The molecule has 0 aromatic carbocycles. The van der Waals surface area contributed by atoms with E-state index in [2.05, 4.69) is 37.7 Å². The number of thiazole rings is 1. The molecule has 0 saturated carbocycles. The molecule has 0 aliphatic carbocycles. The Labute approximate surface area is 95.3 Å². The number of likely N-dealkylation sites (N-methyl/N-ethyl adjacent to an activating group) is 1. The van der Waals surface area contributed by atoms with Gasteiger partial charge >= 0.3 is 0 Å². The molecular weight excluding hydrogens is 206 g/mol. The maximum Gasteiger partial charge on any atom is 0.114 e. The zero-order valence-electron chi connectivity index (χ0n) is 9.87. The van der Waals surface area contributed by atoms with Crippen molar-refractivity contribution >= 4 is 11.3 Å². The first-order valence-corrected chi connectivity index (χ1v) is 6.17. The van der Waals surface area contributed by atoms with Crippen LogP contribution in [0, 0.1) is 13.8 Å². The van der Waals surface area contributed by atoms with E-state index >= 15 is 0 Å². The summed E-state index contributed by atoms with van der Waals surface area (Å²) in [6.07, 6.45) is 1.01. The summed E-state index contributed by atoms with van der Waals surface area (Å²) in [6, 6.07) is 0.555. The van der Waals surface area contributed by atoms with Gasteiger partial charge in [0.05, 0.1) is 11.2 Å². The molecule has 3 nitrogen and oxygen atoms in total. The SMILES string of the molecule is Cc1nc(C2(N)CC(C)N(C)C2)sc1C. The van der Waals surface area contributed by atoms with Gasteiger partial charge < -0.3 is 10.6 Å². The summed E-state index contributed by atoms with van der Waals surface area (Å²) in [6.45, 7) is 7.31. The molecule has 0 radical (unpaired) electrons. The van der Waals surface area contributed by atoms with Gasteiger partial charge in [-0.3, -0.25) is 0 Å². The smallest absolute Gasteiger partial charge is 0.114 e. The second kappa shape index (κ2) is 3.54. The molecule has 4 heteroatoms. The molecule has 1 aliphatic heterocycles. The molecule has 2 N–H and O–H groups in total. The quantitative estimate of drug-likeness (QED) is 0.790. The molecule has 0 amide bonds. The van der Waals surface area contributed by atoms with Gasteiger partial charge in [-0.25, -0.2) is 4.98 Å². The molecule has 2 heterocycles. The van der Waals surface area contributed by atoms with Crippen molar-refractivity contribution in [1.82, 2.24) is 9.88 Å². The Balaban J connectivity index is 2.31. The lowest BCUT2D eigenvalue weighted by Gasteiger charge is -2.20. The van der Waals surface area contributed by atoms with E-state index in [4.69, 9.17) is 5.73 Å². The van der Waals surface area contributed by atoms with Gasteiger partial charge in [-0.15, -0.1) is 11.3 Å². The highest BCUT2D eigenvalue weighted by molar-refractivity contribution is 7.11. The van der Waals surface area contributed by atoms with E-state index in [1.807, 2.05) is 0 Å². The van der Waals surface area contributed by atoms with E-state index in [0.717, 1.165) is 23.7 Å². The Morgan fingerprint density at radius 1 is 1.53 bits per heavy atom. The van der Waals surface area contributed by atoms with Crippen molar-refractivity contribution in [1.29, 1.82) is 0 Å². The van der Waals surface area contributed by atoms with Crippen LogP contribution < -0.4 is 5.73 Å². The Morgan fingerprint density at radius 3 is 2.60 bits per heavy atom. The van der Waals surface area contributed by atoms with Crippen molar-refractivity contribution in [2.24, 2.45) is 5.73 Å². The van der Waals surface area contributed by atoms with Crippen molar-refractivity contribution in [3.05, 3.63) is 15.6 Å². The van der Waals surface area contributed by atoms with Gasteiger partial charge in [0.1, 0.15) is 5.01 Å². The number of likely N-dealkylation sites (tertiary alicyclic amines) is 1. The topological polar surface area (TPSA) is 42.1 Å². The van der Waals surface area contributed by atoms with E-state index in [1.54, 1.807) is 11.3 Å². The zero-order valence-corrected chi connectivity index (χ0v) is 10.7. The molecule has 15 heavy (non-hydrogen) atoms. The highest BCUT2D eigenvalue weighted by Crippen LogP contribution is 2.35. The molecule has 1 aliphatic rings. The number of aryl methyl sites for hydroxylation is 2. The van der Waals surface area contributed by atoms with E-state index in [9.17, 15) is 0 Å². The average molecular weight is 225 g/mol. The summed E-state index contributed by atoms with van der Waals surface area (Å²) >= 11 is 1.75. The van der Waals surface area contributed by atoms with Crippen molar-refractivity contribution in [2.75, 3.05) is 13.6 Å². The van der Waals surface area contributed by atoms with Crippen LogP contribution in [-0.4, -0.2) is 29.5 Å². The fraction of sp³-hybridized carbons (Fsp3) is 0.727. The Kier molecular flexibility index (Phi) is 2.61. The maximum atomic E-state index is 6.45. The standard InChI is InChI=1S/C11H19N3S/c1-7-5-11(12,6-14(7)4)10-13-8(2)9(3)15-10/h7H,5-6,12H2,1-4H3. The first kappa shape index (κ1) is 11.0. The predicted octanol–water partition coefficient (Wildman–Crippen LogP) is 1.64. The summed E-state index contributed by atoms with van der Waals surface area (Å²) in [5.74, 6) is 0. The average Bonchev–Trinajstić information content (AvgIpc) is 2.58. The van der Waals surface area contributed by atoms with Crippen LogP contribution in [0.1, 0.15) is 28.9 Å². The normalized spacial score (nSPS) is 32.5. The molecule has 1 aromatic heterocycles. The summed E-state index contributed by atoms with van der Waals surface area (Å²) in [7, 11) is 2.13. The van der Waals surface area contributed by atoms with Gasteiger partial charge in [-0.1, -0.05) is 0 Å². The van der Waals surface area contributed by atoms with Crippen molar-refractivity contribution in [3.63, 3.8) is 0 Å². The van der Waals surface area contributed by atoms with E-state index < -0.39 is 0 Å². The number of rotatable bonds is 1. The van der Waals surface area contributed by atoms with Crippen molar-refractivity contribution in [2.45, 2.75) is 38.8 Å². The third-order valence-electron chi connectivity index (χ3n) is 3.40. The largest absolute Gasteiger partial charge is 0.318 e. The summed E-state index contributed by atoms with van der Waals surface area (Å²) < 4.78 is 0. The molecular formula is C11H19N3S. The van der Waals surface area contributed by atoms with Gasteiger partial charge in [-0.05, 0) is 34.2 Å². The predicted molar refractivity (Wildman–Crippen MR) is 64.2 cm³/mol. The number of hydrogen-bond acceptors (Lipinski definition) is 4. The van der Waals surface area contributed by atoms with Gasteiger partial charge in [0.2, 0.25) is 0 Å². The van der Waals surface area contributed by atoms with Crippen LogP contribution in [0.15, 0.2) is 0 Å². The second-order valence-corrected chi connectivity index (χ2v) is 5.99. The molecule has 1 aromatic rings. The fourth-order valence-electron chi connectivity index (χ4n) is 2.19. The molecule has 1 fully saturated rings. The number of aromatic nitrogens is 1. The van der Waals surface area contributed by atoms with Gasteiger partial charge in [0.15, 0.2) is 0 Å². The maximum absolute atomic E-state index is 6.45. The van der Waals surface area contributed by atoms with Crippen LogP contribution in [0.25, 0.3) is 0 Å². The molecule has 0 bridgehead atoms. The minimum absolute atomic E-state index is 0.224. The molecule has 0 spiro atoms. The monoisotopic (exact) mass is 225 g/mol. The third kappa shape index (κ3) is 1.82. The van der Waals surface area contributed by atoms with Crippen LogP contribution in [0.3, 0.4) is 0 Å². The summed E-state index contributed by atoms with van der Waals surface area (Å²) in [5.41, 5.74) is 7.35. The number of nitrogens with two attached hydrogens (primary N) is 1. The first-order chi connectivity index (χ1) is 6.92. The highest BCUT2D eigenvalue weighted by atomic mass is 32.1. The van der Waals surface area contributed by atoms with E-state index in [0.29, 0.717) is 6.04 Å². The Bertz CT molecular complexity index is 342. The minimum atomic E-state index is -0.224. The van der Waals surface area contributed by atoms with Crippen LogP contribution in [-0.2, 0) is 5.54 Å². The Morgan fingerprint density at radius 2 is 2.20 bits per heavy atom. The van der Waals surface area contributed by atoms with E-state index in [-0.39, 0.29) is 5.54 Å². The minimum Gasteiger partial charge on any atom is -0.318 e. The fourth-order valence-corrected chi connectivity index (χ4v) is 3.21. The van der Waals surface area contributed by atoms with Crippen LogP contribution in [0.5, 0.6) is 0 Å². The molecule has 2 rings (SSSR count). The van der Waals surface area contributed by atoms with Crippen molar-refractivity contribution in [3.8, 4) is 0 Å². The van der Waals surface area contributed by atoms with Gasteiger partial charge in [-0.2, -0.15) is 0 Å². The third-order valence-corrected chi connectivity index (χ3v) is 4.69. The lowest BCUT2D eigenvalue weighted by atomic mass is 9.99. The second-order valence-electron chi connectivity index (χ2n) is 4.79. The van der Waals surface area contributed by atoms with Crippen LogP contribution in [0.4, 0.5) is 0 Å². The lowest BCUT2D eigenvalue weighted by molar-refractivity contribution is 0.320. The Hall–Kier alpha value is -0.450. The summed E-state index contributed by atoms with van der Waals surface area (Å²) in [5, 5.41) is 1.11. The van der Waals surface area contributed by atoms with E-state index in [1.165, 1.54) is 4.88 Å². The number of hydrogen-bond donors (Lipinski definition) is 1. The van der Waals surface area contributed by atoms with Gasteiger partial charge in [0.25, 0.3) is 0 Å².